The Labute approximate surface area is 95.2 Å². The molecule has 2 heteroatoms. The first-order valence-electron chi connectivity index (χ1n) is 6.51. The molecule has 1 saturated carbocycles. The van der Waals surface area contributed by atoms with Crippen LogP contribution in [0.3, 0.4) is 0 Å². The van der Waals surface area contributed by atoms with Gasteiger partial charge in [0.2, 0.25) is 0 Å². The van der Waals surface area contributed by atoms with Crippen LogP contribution in [0.5, 0.6) is 0 Å². The summed E-state index contributed by atoms with van der Waals surface area (Å²) >= 11 is 0. The molecule has 15 heavy (non-hydrogen) atoms. The van der Waals surface area contributed by atoms with Crippen molar-refractivity contribution in [3.8, 4) is 0 Å². The maximum atomic E-state index is 3.60. The second-order valence-electron chi connectivity index (χ2n) is 5.66. The molecule has 0 radical (unpaired) electrons. The van der Waals surface area contributed by atoms with Crippen LogP contribution in [0.25, 0.3) is 0 Å². The molecule has 90 valence electrons. The minimum atomic E-state index is 0.621. The molecule has 0 heterocycles. The summed E-state index contributed by atoms with van der Waals surface area (Å²) in [6.45, 7) is 12.6. The molecule has 0 aromatic rings. The van der Waals surface area contributed by atoms with E-state index in [-0.39, 0.29) is 0 Å². The highest BCUT2D eigenvalue weighted by atomic mass is 14.9. The number of hydrogen-bond donors (Lipinski definition) is 2. The van der Waals surface area contributed by atoms with Gasteiger partial charge in [-0.25, -0.2) is 0 Å². The van der Waals surface area contributed by atoms with E-state index >= 15 is 0 Å². The van der Waals surface area contributed by atoms with Crippen LogP contribution in [0, 0.1) is 11.3 Å². The lowest BCUT2D eigenvalue weighted by Crippen LogP contribution is -2.31. The molecule has 0 aromatic heterocycles. The lowest BCUT2D eigenvalue weighted by Gasteiger charge is -2.20. The summed E-state index contributed by atoms with van der Waals surface area (Å²) < 4.78 is 0. The minimum absolute atomic E-state index is 0.621. The van der Waals surface area contributed by atoms with E-state index in [1.807, 2.05) is 0 Å². The van der Waals surface area contributed by atoms with Crippen LogP contribution in [0.2, 0.25) is 0 Å². The summed E-state index contributed by atoms with van der Waals surface area (Å²) in [5.74, 6) is 0.846. The van der Waals surface area contributed by atoms with Gasteiger partial charge in [-0.05, 0) is 43.7 Å². The van der Waals surface area contributed by atoms with Crippen molar-refractivity contribution in [2.24, 2.45) is 11.3 Å². The number of nitrogens with one attached hydrogen (secondary N) is 2. The van der Waals surface area contributed by atoms with E-state index in [1.165, 1.54) is 25.8 Å². The summed E-state index contributed by atoms with van der Waals surface area (Å²) in [4.78, 5) is 0. The lowest BCUT2D eigenvalue weighted by atomic mass is 9.92. The highest BCUT2D eigenvalue weighted by Crippen LogP contribution is 2.51. The summed E-state index contributed by atoms with van der Waals surface area (Å²) in [7, 11) is 0. The summed E-state index contributed by atoms with van der Waals surface area (Å²) in [6, 6.07) is 0.621. The standard InChI is InChI=1S/C13H28N2/c1-11(2)13(6-7-13)10-14-8-5-9-15-12(3)4/h11-12,14-15H,5-10H2,1-4H3. The molecule has 1 aliphatic rings. The van der Waals surface area contributed by atoms with Gasteiger partial charge in [0.25, 0.3) is 0 Å². The van der Waals surface area contributed by atoms with Crippen molar-refractivity contribution in [1.29, 1.82) is 0 Å². The Bertz CT molecular complexity index is 171. The third-order valence-corrected chi connectivity index (χ3v) is 3.68. The molecular formula is C13H28N2. The first-order valence-corrected chi connectivity index (χ1v) is 6.51. The number of rotatable bonds is 8. The quantitative estimate of drug-likeness (QED) is 0.604. The SMILES string of the molecule is CC(C)NCCCNCC1(C(C)C)CC1. The third-order valence-electron chi connectivity index (χ3n) is 3.68. The predicted molar refractivity (Wildman–Crippen MR) is 67.1 cm³/mol. The fourth-order valence-electron chi connectivity index (χ4n) is 2.06. The molecule has 1 fully saturated rings. The fourth-order valence-corrected chi connectivity index (χ4v) is 2.06. The first-order chi connectivity index (χ1) is 7.07. The van der Waals surface area contributed by atoms with E-state index in [0.717, 1.165) is 19.0 Å². The van der Waals surface area contributed by atoms with Crippen molar-refractivity contribution in [2.75, 3.05) is 19.6 Å². The Morgan fingerprint density at radius 3 is 2.20 bits per heavy atom. The minimum Gasteiger partial charge on any atom is -0.316 e. The highest BCUT2D eigenvalue weighted by Gasteiger charge is 2.44. The van der Waals surface area contributed by atoms with Crippen LogP contribution in [-0.4, -0.2) is 25.7 Å². The van der Waals surface area contributed by atoms with Gasteiger partial charge < -0.3 is 10.6 Å². The second kappa shape index (κ2) is 5.86. The molecule has 0 aromatic carbocycles. The van der Waals surface area contributed by atoms with E-state index in [2.05, 4.69) is 38.3 Å². The molecule has 0 unspecified atom stereocenters. The second-order valence-corrected chi connectivity index (χ2v) is 5.66. The van der Waals surface area contributed by atoms with E-state index in [0.29, 0.717) is 11.5 Å². The average Bonchev–Trinajstić information content (AvgIpc) is 2.91. The Hall–Kier alpha value is -0.0800. The fraction of sp³-hybridized carbons (Fsp3) is 1.00. The van der Waals surface area contributed by atoms with Crippen molar-refractivity contribution in [2.45, 2.75) is 53.0 Å². The van der Waals surface area contributed by atoms with E-state index in [4.69, 9.17) is 0 Å². The predicted octanol–water partition coefficient (Wildman–Crippen LogP) is 2.40. The normalized spacial score (nSPS) is 18.8. The van der Waals surface area contributed by atoms with Gasteiger partial charge in [0, 0.05) is 12.6 Å². The maximum absolute atomic E-state index is 3.60. The first kappa shape index (κ1) is 13.0. The van der Waals surface area contributed by atoms with Crippen LogP contribution >= 0.6 is 0 Å². The molecular weight excluding hydrogens is 184 g/mol. The Morgan fingerprint density at radius 2 is 1.73 bits per heavy atom. The van der Waals surface area contributed by atoms with Crippen LogP contribution in [0.4, 0.5) is 0 Å². The van der Waals surface area contributed by atoms with E-state index in [9.17, 15) is 0 Å². The summed E-state index contributed by atoms with van der Waals surface area (Å²) in [6.07, 6.45) is 4.11. The van der Waals surface area contributed by atoms with Crippen LogP contribution in [0.1, 0.15) is 47.0 Å². The van der Waals surface area contributed by atoms with Crippen molar-refractivity contribution in [1.82, 2.24) is 10.6 Å². The Balaban J connectivity index is 1.93. The van der Waals surface area contributed by atoms with Gasteiger partial charge in [-0.3, -0.25) is 0 Å². The van der Waals surface area contributed by atoms with Crippen molar-refractivity contribution < 1.29 is 0 Å². The molecule has 0 amide bonds. The molecule has 2 N–H and O–H groups in total. The van der Waals surface area contributed by atoms with Gasteiger partial charge in [0.05, 0.1) is 0 Å². The summed E-state index contributed by atoms with van der Waals surface area (Å²) in [5.41, 5.74) is 0.658. The molecule has 0 spiro atoms. The van der Waals surface area contributed by atoms with E-state index in [1.54, 1.807) is 0 Å². The van der Waals surface area contributed by atoms with E-state index < -0.39 is 0 Å². The van der Waals surface area contributed by atoms with Gasteiger partial charge in [0.1, 0.15) is 0 Å². The van der Waals surface area contributed by atoms with Crippen molar-refractivity contribution in [3.63, 3.8) is 0 Å². The van der Waals surface area contributed by atoms with Crippen molar-refractivity contribution >= 4 is 0 Å². The molecule has 0 saturated heterocycles. The largest absolute Gasteiger partial charge is 0.316 e. The molecule has 1 rings (SSSR count). The Kier molecular flexibility index (Phi) is 5.07. The molecule has 1 aliphatic carbocycles. The van der Waals surface area contributed by atoms with Crippen LogP contribution in [-0.2, 0) is 0 Å². The van der Waals surface area contributed by atoms with Gasteiger partial charge in [-0.2, -0.15) is 0 Å². The average molecular weight is 212 g/mol. The summed E-state index contributed by atoms with van der Waals surface area (Å²) in [5, 5.41) is 7.04. The zero-order valence-electron chi connectivity index (χ0n) is 10.9. The molecule has 2 nitrogen and oxygen atoms in total. The Morgan fingerprint density at radius 1 is 1.07 bits per heavy atom. The van der Waals surface area contributed by atoms with Gasteiger partial charge in [-0.15, -0.1) is 0 Å². The zero-order valence-corrected chi connectivity index (χ0v) is 10.9. The lowest BCUT2D eigenvalue weighted by molar-refractivity contribution is 0.337. The van der Waals surface area contributed by atoms with Gasteiger partial charge >= 0.3 is 0 Å². The van der Waals surface area contributed by atoms with Crippen molar-refractivity contribution in [3.05, 3.63) is 0 Å². The number of hydrogen-bond acceptors (Lipinski definition) is 2. The van der Waals surface area contributed by atoms with Gasteiger partial charge in [-0.1, -0.05) is 27.7 Å². The monoisotopic (exact) mass is 212 g/mol. The topological polar surface area (TPSA) is 24.1 Å². The molecule has 0 bridgehead atoms. The molecule has 0 atom stereocenters. The van der Waals surface area contributed by atoms with Crippen LogP contribution < -0.4 is 10.6 Å². The highest BCUT2D eigenvalue weighted by molar-refractivity contribution is 4.96. The maximum Gasteiger partial charge on any atom is 0.00103 e. The molecule has 0 aliphatic heterocycles. The zero-order chi connectivity index (χ0) is 11.3. The smallest absolute Gasteiger partial charge is 0.00103 e. The third kappa shape index (κ3) is 4.52. The van der Waals surface area contributed by atoms with Gasteiger partial charge in [0.15, 0.2) is 0 Å². The van der Waals surface area contributed by atoms with Crippen LogP contribution in [0.15, 0.2) is 0 Å².